The first kappa shape index (κ1) is 28.5. The number of aryl methyl sites for hydroxylation is 2. The van der Waals surface area contributed by atoms with Crippen molar-refractivity contribution in [1.82, 2.24) is 0 Å². The highest BCUT2D eigenvalue weighted by Gasteiger charge is 2.51. The fourth-order valence-corrected chi connectivity index (χ4v) is 9.83. The molecule has 0 N–H and O–H groups in total. The number of anilines is 3. The summed E-state index contributed by atoms with van der Waals surface area (Å²) in [5.74, 6) is 3.68. The van der Waals surface area contributed by atoms with Crippen molar-refractivity contribution >= 4 is 84.8 Å². The molecule has 0 unspecified atom stereocenters. The van der Waals surface area contributed by atoms with Crippen LogP contribution in [0.3, 0.4) is 0 Å². The summed E-state index contributed by atoms with van der Waals surface area (Å²) < 4.78 is 14.0. The van der Waals surface area contributed by atoms with Crippen molar-refractivity contribution in [1.29, 1.82) is 0 Å². The number of para-hydroxylation sites is 1. The van der Waals surface area contributed by atoms with Gasteiger partial charge in [-0.15, -0.1) is 0 Å². The second-order valence-corrected chi connectivity index (χ2v) is 15.0. The van der Waals surface area contributed by atoms with E-state index in [0.717, 1.165) is 28.6 Å². The van der Waals surface area contributed by atoms with Crippen LogP contribution in [0, 0.1) is 20.8 Å². The van der Waals surface area contributed by atoms with Gasteiger partial charge in [-0.2, -0.15) is 0 Å². The third-order valence-corrected chi connectivity index (χ3v) is 12.0. The quantitative estimate of drug-likeness (QED) is 0.132. The summed E-state index contributed by atoms with van der Waals surface area (Å²) in [6, 6.07) is 49.4. The van der Waals surface area contributed by atoms with E-state index in [1.54, 1.807) is 0 Å². The Kier molecular flexibility index (Phi) is 5.47. The van der Waals surface area contributed by atoms with Gasteiger partial charge in [0.05, 0.1) is 0 Å². The third-order valence-electron chi connectivity index (χ3n) is 12.0. The molecule has 3 nitrogen and oxygen atoms in total. The lowest BCUT2D eigenvalue weighted by Gasteiger charge is -2.47. The highest BCUT2D eigenvalue weighted by molar-refractivity contribution is 7.03. The average Bonchev–Trinajstić information content (AvgIpc) is 3.17. The molecule has 8 aromatic rings. The van der Waals surface area contributed by atoms with Gasteiger partial charge in [0.25, 0.3) is 13.4 Å². The fourth-order valence-electron chi connectivity index (χ4n) is 9.83. The Bertz CT molecular complexity index is 2880. The Balaban J connectivity index is 1.22. The molecule has 4 aliphatic rings. The van der Waals surface area contributed by atoms with Crippen LogP contribution in [0.15, 0.2) is 133 Å². The van der Waals surface area contributed by atoms with E-state index >= 15 is 0 Å². The standard InChI is InChI=1S/C47H31B2NO2/c1-26-16-20-40-36(22-26)48-34-14-8-9-15-38(34)50-39-19-18-31(42-32-12-6-4-10-29(32)24-30-11-5-7-13-33(30)42)25-35(39)49-37-23-27(2)17-21-41(37)52-47-28(3)46(51-40)43(48)45(50)44(47)49/h4-25H,1-3H3. The third kappa shape index (κ3) is 3.58. The number of ether oxygens (including phenoxy) is 2. The predicted molar refractivity (Wildman–Crippen MR) is 218 cm³/mol. The molecule has 0 aromatic heterocycles. The van der Waals surface area contributed by atoms with E-state index in [0.29, 0.717) is 0 Å². The molecule has 5 heteroatoms. The highest BCUT2D eigenvalue weighted by atomic mass is 16.5. The molecule has 0 saturated heterocycles. The van der Waals surface area contributed by atoms with Crippen LogP contribution >= 0.6 is 0 Å². The molecular formula is C47H31B2NO2. The predicted octanol–water partition coefficient (Wildman–Crippen LogP) is 7.93. The molecule has 0 radical (unpaired) electrons. The Labute approximate surface area is 303 Å². The van der Waals surface area contributed by atoms with Crippen molar-refractivity contribution in [2.45, 2.75) is 20.8 Å². The number of hydrogen-bond acceptors (Lipinski definition) is 3. The SMILES string of the molecule is Cc1ccc2c(c1)B1c3ccccc3N3c4ccc(-c5c6ccccc6cc6ccccc56)cc4B4c5cc(C)ccc5Oc5c(C)c(c1c3c54)O2. The van der Waals surface area contributed by atoms with Crippen molar-refractivity contribution in [2.75, 3.05) is 4.90 Å². The maximum absolute atomic E-state index is 7.02. The van der Waals surface area contributed by atoms with Gasteiger partial charge in [0.15, 0.2) is 0 Å². The van der Waals surface area contributed by atoms with Gasteiger partial charge < -0.3 is 14.4 Å². The van der Waals surface area contributed by atoms with Crippen LogP contribution in [0.2, 0.25) is 0 Å². The van der Waals surface area contributed by atoms with Gasteiger partial charge in [-0.1, -0.05) is 114 Å². The Hall–Kier alpha value is -6.19. The van der Waals surface area contributed by atoms with Gasteiger partial charge in [-0.25, -0.2) is 0 Å². The van der Waals surface area contributed by atoms with Crippen LogP contribution in [0.4, 0.5) is 17.1 Å². The van der Waals surface area contributed by atoms with Gasteiger partial charge in [0.1, 0.15) is 23.0 Å². The summed E-state index contributed by atoms with van der Waals surface area (Å²) in [7, 11) is 0. The van der Waals surface area contributed by atoms with E-state index in [-0.39, 0.29) is 13.4 Å². The number of rotatable bonds is 1. The topological polar surface area (TPSA) is 21.7 Å². The minimum Gasteiger partial charge on any atom is -0.458 e. The molecular weight excluding hydrogens is 632 g/mol. The second kappa shape index (κ2) is 9.98. The molecule has 52 heavy (non-hydrogen) atoms. The molecule has 0 fully saturated rings. The van der Waals surface area contributed by atoms with Crippen molar-refractivity contribution < 1.29 is 9.47 Å². The van der Waals surface area contributed by atoms with Crippen molar-refractivity contribution in [3.8, 4) is 34.1 Å². The first-order valence-corrected chi connectivity index (χ1v) is 18.2. The van der Waals surface area contributed by atoms with E-state index < -0.39 is 0 Å². The lowest BCUT2D eigenvalue weighted by molar-refractivity contribution is 0.459. The van der Waals surface area contributed by atoms with Crippen LogP contribution in [-0.2, 0) is 0 Å². The zero-order valence-corrected chi connectivity index (χ0v) is 29.1. The van der Waals surface area contributed by atoms with E-state index in [1.807, 2.05) is 0 Å². The zero-order chi connectivity index (χ0) is 34.4. The zero-order valence-electron chi connectivity index (χ0n) is 29.1. The monoisotopic (exact) mass is 663 g/mol. The summed E-state index contributed by atoms with van der Waals surface area (Å²) >= 11 is 0. The minimum absolute atomic E-state index is 0.0186. The maximum Gasteiger partial charge on any atom is 0.256 e. The summed E-state index contributed by atoms with van der Waals surface area (Å²) in [5, 5.41) is 5.04. The Morgan fingerprint density at radius 2 is 1.04 bits per heavy atom. The van der Waals surface area contributed by atoms with Gasteiger partial charge in [0.2, 0.25) is 0 Å². The van der Waals surface area contributed by atoms with E-state index in [2.05, 4.69) is 159 Å². The molecule has 0 atom stereocenters. The van der Waals surface area contributed by atoms with Gasteiger partial charge in [0, 0.05) is 22.6 Å². The van der Waals surface area contributed by atoms with Crippen molar-refractivity contribution in [2.24, 2.45) is 0 Å². The molecule has 0 saturated carbocycles. The largest absolute Gasteiger partial charge is 0.458 e. The van der Waals surface area contributed by atoms with Crippen LogP contribution in [0.25, 0.3) is 32.7 Å². The van der Waals surface area contributed by atoms with Gasteiger partial charge >= 0.3 is 0 Å². The summed E-state index contributed by atoms with van der Waals surface area (Å²) in [6.45, 7) is 6.58. The first-order chi connectivity index (χ1) is 25.5. The van der Waals surface area contributed by atoms with Crippen LogP contribution in [0.5, 0.6) is 23.0 Å². The van der Waals surface area contributed by atoms with E-state index in [4.69, 9.17) is 9.47 Å². The Morgan fingerprint density at radius 3 is 1.69 bits per heavy atom. The van der Waals surface area contributed by atoms with E-state index in [9.17, 15) is 0 Å². The van der Waals surface area contributed by atoms with Crippen molar-refractivity contribution in [3.05, 3.63) is 150 Å². The smallest absolute Gasteiger partial charge is 0.256 e. The highest BCUT2D eigenvalue weighted by Crippen LogP contribution is 2.48. The molecule has 0 spiro atoms. The molecule has 0 amide bonds. The number of hydrogen-bond donors (Lipinski definition) is 0. The number of fused-ring (bicyclic) bond motifs is 12. The van der Waals surface area contributed by atoms with Gasteiger partial charge in [-0.3, -0.25) is 0 Å². The molecule has 0 aliphatic carbocycles. The van der Waals surface area contributed by atoms with E-state index in [1.165, 1.54) is 93.6 Å². The lowest BCUT2D eigenvalue weighted by atomic mass is 9.29. The molecule has 4 heterocycles. The van der Waals surface area contributed by atoms with Crippen LogP contribution in [0.1, 0.15) is 16.7 Å². The number of nitrogens with zero attached hydrogens (tertiary/aromatic N) is 1. The minimum atomic E-state index is -0.0186. The van der Waals surface area contributed by atoms with Gasteiger partial charge in [-0.05, 0) is 117 Å². The summed E-state index contributed by atoms with van der Waals surface area (Å²) in [4.78, 5) is 2.52. The number of benzene rings is 8. The normalized spacial score (nSPS) is 13.9. The summed E-state index contributed by atoms with van der Waals surface area (Å²) in [6.07, 6.45) is 0. The molecule has 4 aliphatic heterocycles. The van der Waals surface area contributed by atoms with Crippen LogP contribution < -0.4 is 47.2 Å². The lowest BCUT2D eigenvalue weighted by Crippen LogP contribution is -2.67. The molecule has 12 rings (SSSR count). The average molecular weight is 663 g/mol. The summed E-state index contributed by atoms with van der Waals surface area (Å²) in [5.41, 5.74) is 17.2. The van der Waals surface area contributed by atoms with Crippen LogP contribution in [-0.4, -0.2) is 13.4 Å². The fraction of sp³-hybridized carbons (Fsp3) is 0.0638. The first-order valence-electron chi connectivity index (χ1n) is 18.2. The molecule has 8 aromatic carbocycles. The second-order valence-electron chi connectivity index (χ2n) is 15.0. The Morgan fingerprint density at radius 1 is 0.481 bits per heavy atom. The maximum atomic E-state index is 7.02. The van der Waals surface area contributed by atoms with Crippen molar-refractivity contribution in [3.63, 3.8) is 0 Å². The molecule has 242 valence electrons. The molecule has 0 bridgehead atoms.